The van der Waals surface area contributed by atoms with Crippen LogP contribution in [0.15, 0.2) is 72.8 Å². The molecule has 2 N–H and O–H groups in total. The number of fused-ring (bicyclic) bond motifs is 1. The van der Waals surface area contributed by atoms with Gasteiger partial charge in [0.05, 0.1) is 12.8 Å². The Morgan fingerprint density at radius 1 is 0.972 bits per heavy atom. The molecular weight excluding hydrogens is 458 g/mol. The summed E-state index contributed by atoms with van der Waals surface area (Å²) in [7, 11) is 1.56. The predicted octanol–water partition coefficient (Wildman–Crippen LogP) is 4.44. The molecule has 0 saturated heterocycles. The molecule has 1 atom stereocenters. The number of anilines is 2. The van der Waals surface area contributed by atoms with Crippen LogP contribution in [0.25, 0.3) is 0 Å². The number of nitrogens with zero attached hydrogens (tertiary/aromatic N) is 1. The molecule has 0 aliphatic carbocycles. The van der Waals surface area contributed by atoms with Gasteiger partial charge in [0.15, 0.2) is 11.5 Å². The molecule has 0 saturated carbocycles. The van der Waals surface area contributed by atoms with Gasteiger partial charge in [-0.3, -0.25) is 14.5 Å². The number of rotatable bonds is 10. The van der Waals surface area contributed by atoms with Crippen molar-refractivity contribution in [2.75, 3.05) is 44.0 Å². The summed E-state index contributed by atoms with van der Waals surface area (Å²) in [5, 5.41) is 5.74. The Morgan fingerprint density at radius 2 is 1.69 bits per heavy atom. The number of carbonyl (C=O) groups excluding carboxylic acids is 2. The van der Waals surface area contributed by atoms with Crippen molar-refractivity contribution >= 4 is 23.2 Å². The molecule has 1 unspecified atom stereocenters. The van der Waals surface area contributed by atoms with E-state index in [-0.39, 0.29) is 17.9 Å². The first kappa shape index (κ1) is 25.1. The molecule has 188 valence electrons. The quantitative estimate of drug-likeness (QED) is 0.438. The fourth-order valence-electron chi connectivity index (χ4n) is 3.95. The van der Waals surface area contributed by atoms with Crippen molar-refractivity contribution in [3.05, 3.63) is 78.4 Å². The van der Waals surface area contributed by atoms with Gasteiger partial charge in [-0.2, -0.15) is 0 Å². The minimum atomic E-state index is -0.257. The van der Waals surface area contributed by atoms with Crippen molar-refractivity contribution in [2.45, 2.75) is 19.4 Å². The maximum Gasteiger partial charge on any atom is 0.255 e. The predicted molar refractivity (Wildman–Crippen MR) is 139 cm³/mol. The highest BCUT2D eigenvalue weighted by atomic mass is 16.6. The zero-order valence-corrected chi connectivity index (χ0v) is 20.5. The molecule has 0 bridgehead atoms. The molecule has 0 aromatic heterocycles. The first-order valence-electron chi connectivity index (χ1n) is 12.0. The van der Waals surface area contributed by atoms with Crippen molar-refractivity contribution < 1.29 is 23.8 Å². The Kier molecular flexibility index (Phi) is 8.41. The van der Waals surface area contributed by atoms with E-state index >= 15 is 0 Å². The Morgan fingerprint density at radius 3 is 2.44 bits per heavy atom. The van der Waals surface area contributed by atoms with Crippen LogP contribution >= 0.6 is 0 Å². The van der Waals surface area contributed by atoms with Crippen LogP contribution in [0.5, 0.6) is 17.2 Å². The van der Waals surface area contributed by atoms with Gasteiger partial charge >= 0.3 is 0 Å². The molecule has 0 fully saturated rings. The van der Waals surface area contributed by atoms with Crippen LogP contribution in [0.2, 0.25) is 0 Å². The molecule has 8 heteroatoms. The Labute approximate surface area is 211 Å². The lowest BCUT2D eigenvalue weighted by Crippen LogP contribution is -2.41. The van der Waals surface area contributed by atoms with Crippen molar-refractivity contribution in [3.8, 4) is 17.2 Å². The van der Waals surface area contributed by atoms with Gasteiger partial charge in [-0.15, -0.1) is 0 Å². The number of amides is 2. The molecule has 0 spiro atoms. The minimum absolute atomic E-state index is 0.0857. The molecule has 1 aliphatic heterocycles. The van der Waals surface area contributed by atoms with Crippen LogP contribution in [-0.4, -0.2) is 56.2 Å². The summed E-state index contributed by atoms with van der Waals surface area (Å²) in [6.07, 6.45) is 0.256. The van der Waals surface area contributed by atoms with Gasteiger partial charge in [0.1, 0.15) is 18.5 Å². The number of hydrogen-bond acceptors (Lipinski definition) is 6. The summed E-state index contributed by atoms with van der Waals surface area (Å²) in [5.74, 6) is 1.75. The van der Waals surface area contributed by atoms with E-state index < -0.39 is 0 Å². The molecule has 2 amide bonds. The van der Waals surface area contributed by atoms with Crippen LogP contribution in [0, 0.1) is 0 Å². The van der Waals surface area contributed by atoms with E-state index in [4.69, 9.17) is 14.2 Å². The van der Waals surface area contributed by atoms with Crippen LogP contribution in [0.3, 0.4) is 0 Å². The summed E-state index contributed by atoms with van der Waals surface area (Å²) in [5.41, 5.74) is 1.71. The first-order chi connectivity index (χ1) is 17.6. The van der Waals surface area contributed by atoms with E-state index in [0.717, 1.165) is 18.0 Å². The van der Waals surface area contributed by atoms with Crippen LogP contribution in [0.1, 0.15) is 23.7 Å². The monoisotopic (exact) mass is 489 g/mol. The smallest absolute Gasteiger partial charge is 0.255 e. The highest BCUT2D eigenvalue weighted by Gasteiger charge is 2.23. The third-order valence-electron chi connectivity index (χ3n) is 5.92. The Hall–Kier alpha value is -4.04. The Balaban J connectivity index is 1.24. The van der Waals surface area contributed by atoms with Crippen molar-refractivity contribution in [1.29, 1.82) is 0 Å². The summed E-state index contributed by atoms with van der Waals surface area (Å²) >= 11 is 0. The number of methoxy groups -OCH3 is 1. The van der Waals surface area contributed by atoms with Gasteiger partial charge in [0.2, 0.25) is 5.91 Å². The second-order valence-electron chi connectivity index (χ2n) is 8.42. The zero-order chi connectivity index (χ0) is 25.3. The average molecular weight is 490 g/mol. The molecule has 3 aromatic carbocycles. The first-order valence-corrected chi connectivity index (χ1v) is 12.0. The van der Waals surface area contributed by atoms with Gasteiger partial charge < -0.3 is 24.8 Å². The largest absolute Gasteiger partial charge is 0.495 e. The van der Waals surface area contributed by atoms with Gasteiger partial charge in [0, 0.05) is 30.8 Å². The highest BCUT2D eigenvalue weighted by molar-refractivity contribution is 6.05. The summed E-state index contributed by atoms with van der Waals surface area (Å²) in [6.45, 7) is 4.61. The number of carbonyl (C=O) groups is 2. The summed E-state index contributed by atoms with van der Waals surface area (Å²) < 4.78 is 17.1. The summed E-state index contributed by atoms with van der Waals surface area (Å²) in [4.78, 5) is 27.3. The molecule has 1 aliphatic rings. The second kappa shape index (κ2) is 12.1. The Bertz CT molecular complexity index is 1180. The number of para-hydroxylation sites is 4. The van der Waals surface area contributed by atoms with E-state index in [9.17, 15) is 9.59 Å². The molecule has 8 nitrogen and oxygen atoms in total. The molecule has 0 radical (unpaired) electrons. The van der Waals surface area contributed by atoms with Crippen molar-refractivity contribution in [3.63, 3.8) is 0 Å². The third-order valence-corrected chi connectivity index (χ3v) is 5.92. The molecule has 4 rings (SSSR count). The lowest BCUT2D eigenvalue weighted by atomic mass is 10.2. The third kappa shape index (κ3) is 6.55. The number of nitrogens with one attached hydrogen (secondary N) is 2. The van der Waals surface area contributed by atoms with Gasteiger partial charge in [-0.05, 0) is 55.1 Å². The van der Waals surface area contributed by atoms with E-state index in [1.165, 1.54) is 0 Å². The molecule has 36 heavy (non-hydrogen) atoms. The van der Waals surface area contributed by atoms with Gasteiger partial charge in [-0.25, -0.2) is 0 Å². The van der Waals surface area contributed by atoms with Crippen LogP contribution in [-0.2, 0) is 4.79 Å². The topological polar surface area (TPSA) is 89.1 Å². The molecular formula is C28H31N3O5. The van der Waals surface area contributed by atoms with Crippen molar-refractivity contribution in [1.82, 2.24) is 4.90 Å². The number of benzene rings is 3. The zero-order valence-electron chi connectivity index (χ0n) is 20.5. The lowest BCUT2D eigenvalue weighted by molar-refractivity contribution is -0.116. The van der Waals surface area contributed by atoms with E-state index in [0.29, 0.717) is 48.8 Å². The van der Waals surface area contributed by atoms with Crippen LogP contribution < -0.4 is 24.8 Å². The van der Waals surface area contributed by atoms with Crippen molar-refractivity contribution in [2.24, 2.45) is 0 Å². The maximum atomic E-state index is 12.6. The fraction of sp³-hybridized carbons (Fsp3) is 0.286. The van der Waals surface area contributed by atoms with Crippen LogP contribution in [0.4, 0.5) is 11.4 Å². The number of ether oxygens (including phenoxy) is 3. The highest BCUT2D eigenvalue weighted by Crippen LogP contribution is 2.31. The second-order valence-corrected chi connectivity index (χ2v) is 8.42. The lowest BCUT2D eigenvalue weighted by Gasteiger charge is -2.30. The van der Waals surface area contributed by atoms with Gasteiger partial charge in [-0.1, -0.05) is 31.2 Å². The van der Waals surface area contributed by atoms with Gasteiger partial charge in [0.25, 0.3) is 5.91 Å². The van der Waals surface area contributed by atoms with E-state index in [1.807, 2.05) is 36.4 Å². The molecule has 1 heterocycles. The number of likely N-dealkylation sites (N-methyl/N-ethyl adjacent to an activating group) is 1. The minimum Gasteiger partial charge on any atom is -0.495 e. The SMILES string of the molecule is CCN(CCC(=O)Nc1ccc(C(=O)Nc2ccccc2OC)cc1)CC1COc2ccccc2O1. The standard InChI is InChI=1S/C28H31N3O5/c1-3-31(18-22-19-35-25-10-6-7-11-26(25)36-22)17-16-27(32)29-21-14-12-20(13-15-21)28(33)30-23-8-4-5-9-24(23)34-2/h4-15,22H,3,16-19H2,1-2H3,(H,29,32)(H,30,33). The van der Waals surface area contributed by atoms with E-state index in [1.54, 1.807) is 43.5 Å². The molecule has 3 aromatic rings. The maximum absolute atomic E-state index is 12.6. The fourth-order valence-corrected chi connectivity index (χ4v) is 3.95. The summed E-state index contributed by atoms with van der Waals surface area (Å²) in [6, 6.07) is 21.7. The normalized spacial score (nSPS) is 14.2. The number of hydrogen-bond donors (Lipinski definition) is 2. The van der Waals surface area contributed by atoms with E-state index in [2.05, 4.69) is 22.5 Å². The average Bonchev–Trinajstić information content (AvgIpc) is 2.91.